The van der Waals surface area contributed by atoms with E-state index in [1.807, 2.05) is 78.9 Å². The van der Waals surface area contributed by atoms with E-state index in [9.17, 15) is 14.4 Å². The minimum atomic E-state index is -0.727. The number of benzene rings is 3. The van der Waals surface area contributed by atoms with Crippen LogP contribution in [0.2, 0.25) is 0 Å². The molecule has 5 aromatic rings. The van der Waals surface area contributed by atoms with E-state index < -0.39 is 35.6 Å². The van der Waals surface area contributed by atoms with Gasteiger partial charge in [0.2, 0.25) is 12.2 Å². The number of amides is 1. The summed E-state index contributed by atoms with van der Waals surface area (Å²) in [5.41, 5.74) is 4.52. The SMILES string of the molecule is CC[C@@H]1[C@H](OCc2ccccc2)Oc2c(c(=O)n(C)c(=O)n2C)[C@@H]1C[C@@H]1c2[nH]c3ccccc3c2CCN1C(=O)OCc1ccccc1. The molecular formula is C38H40N4O6. The number of ether oxygens (including phenoxy) is 3. The highest BCUT2D eigenvalue weighted by atomic mass is 16.7. The van der Waals surface area contributed by atoms with Crippen molar-refractivity contribution in [3.8, 4) is 5.88 Å². The second-order valence-electron chi connectivity index (χ2n) is 12.7. The van der Waals surface area contributed by atoms with Crippen molar-refractivity contribution < 1.29 is 19.0 Å². The van der Waals surface area contributed by atoms with Crippen LogP contribution in [0.3, 0.4) is 0 Å². The maximum absolute atomic E-state index is 14.0. The number of H-pyrrole nitrogens is 1. The minimum absolute atomic E-state index is 0.151. The Hall–Kier alpha value is -5.09. The summed E-state index contributed by atoms with van der Waals surface area (Å²) < 4.78 is 21.3. The second-order valence-corrected chi connectivity index (χ2v) is 12.7. The summed E-state index contributed by atoms with van der Waals surface area (Å²) in [4.78, 5) is 46.4. The Morgan fingerprint density at radius 1 is 0.896 bits per heavy atom. The maximum Gasteiger partial charge on any atom is 0.410 e. The molecule has 10 nitrogen and oxygen atoms in total. The van der Waals surface area contributed by atoms with Gasteiger partial charge in [-0.05, 0) is 42.0 Å². The molecule has 2 aliphatic heterocycles. The highest BCUT2D eigenvalue weighted by molar-refractivity contribution is 5.85. The van der Waals surface area contributed by atoms with Gasteiger partial charge in [-0.2, -0.15) is 0 Å². The van der Waals surface area contributed by atoms with Crippen molar-refractivity contribution in [2.75, 3.05) is 6.54 Å². The standard InChI is InChI=1S/C38H40N4O6/c1-4-26-29(32-34(43)40(2)37(44)41(3)35(32)48-36(26)46-22-24-13-7-5-8-14-24)21-31-33-28(27-17-11-12-18-30(27)39-33)19-20-42(31)38(45)47-23-25-15-9-6-10-16-25/h5-18,26,29,31,36,39H,4,19-23H2,1-3H3/t26-,29+,31+,36+/m0/s1. The van der Waals surface area contributed by atoms with Crippen LogP contribution in [-0.2, 0) is 43.2 Å². The molecule has 7 rings (SSSR count). The third kappa shape index (κ3) is 5.70. The van der Waals surface area contributed by atoms with E-state index in [0.717, 1.165) is 37.9 Å². The van der Waals surface area contributed by atoms with E-state index in [4.69, 9.17) is 14.2 Å². The van der Waals surface area contributed by atoms with E-state index in [1.54, 1.807) is 11.9 Å². The molecule has 4 heterocycles. The third-order valence-electron chi connectivity index (χ3n) is 9.91. The fraction of sp³-hybridized carbons (Fsp3) is 0.342. The molecule has 0 spiro atoms. The predicted octanol–water partition coefficient (Wildman–Crippen LogP) is 5.94. The molecule has 2 aliphatic rings. The van der Waals surface area contributed by atoms with Gasteiger partial charge in [-0.3, -0.25) is 18.8 Å². The zero-order chi connectivity index (χ0) is 33.4. The fourth-order valence-corrected chi connectivity index (χ4v) is 7.42. The Kier molecular flexibility index (Phi) is 8.66. The second kappa shape index (κ2) is 13.2. The third-order valence-corrected chi connectivity index (χ3v) is 9.91. The Morgan fingerprint density at radius 3 is 2.27 bits per heavy atom. The van der Waals surface area contributed by atoms with Gasteiger partial charge < -0.3 is 19.2 Å². The van der Waals surface area contributed by atoms with Crippen molar-refractivity contribution in [3.05, 3.63) is 134 Å². The Bertz CT molecular complexity index is 2050. The Balaban J connectivity index is 1.30. The molecule has 0 saturated heterocycles. The number of aromatic nitrogens is 3. The van der Waals surface area contributed by atoms with Crippen LogP contribution in [0.5, 0.6) is 5.88 Å². The first-order valence-electron chi connectivity index (χ1n) is 16.5. The summed E-state index contributed by atoms with van der Waals surface area (Å²) in [6.45, 7) is 2.96. The topological polar surface area (TPSA) is 108 Å². The lowest BCUT2D eigenvalue weighted by Crippen LogP contribution is -2.49. The molecule has 1 N–H and O–H groups in total. The van der Waals surface area contributed by atoms with Crippen LogP contribution in [0, 0.1) is 5.92 Å². The lowest BCUT2D eigenvalue weighted by Gasteiger charge is -2.42. The Morgan fingerprint density at radius 2 is 1.56 bits per heavy atom. The average molecular weight is 649 g/mol. The number of nitrogens with zero attached hydrogens (tertiary/aromatic N) is 3. The maximum atomic E-state index is 14.0. The molecule has 0 unspecified atom stereocenters. The summed E-state index contributed by atoms with van der Waals surface area (Å²) in [6, 6.07) is 27.2. The van der Waals surface area contributed by atoms with Crippen molar-refractivity contribution in [1.29, 1.82) is 0 Å². The van der Waals surface area contributed by atoms with Crippen molar-refractivity contribution in [2.24, 2.45) is 20.0 Å². The van der Waals surface area contributed by atoms with Crippen LogP contribution in [-0.4, -0.2) is 37.9 Å². The first-order chi connectivity index (χ1) is 23.4. The van der Waals surface area contributed by atoms with Gasteiger partial charge in [0.1, 0.15) is 6.61 Å². The molecule has 0 fully saturated rings. The van der Waals surface area contributed by atoms with Crippen molar-refractivity contribution in [3.63, 3.8) is 0 Å². The van der Waals surface area contributed by atoms with E-state index in [2.05, 4.69) is 18.0 Å². The number of hydrogen-bond donors (Lipinski definition) is 1. The number of para-hydroxylation sites is 1. The zero-order valence-electron chi connectivity index (χ0n) is 27.4. The molecular weight excluding hydrogens is 608 g/mol. The molecule has 48 heavy (non-hydrogen) atoms. The number of carbonyl (C=O) groups excluding carboxylic acids is 1. The smallest absolute Gasteiger partial charge is 0.410 e. The van der Waals surface area contributed by atoms with Crippen LogP contribution in [0.25, 0.3) is 10.9 Å². The van der Waals surface area contributed by atoms with E-state index in [1.165, 1.54) is 11.6 Å². The van der Waals surface area contributed by atoms with Crippen LogP contribution in [0.15, 0.2) is 94.5 Å². The van der Waals surface area contributed by atoms with Gasteiger partial charge in [0, 0.05) is 49.1 Å². The molecule has 3 aromatic carbocycles. The number of aromatic amines is 1. The van der Waals surface area contributed by atoms with Gasteiger partial charge in [-0.15, -0.1) is 0 Å². The summed E-state index contributed by atoms with van der Waals surface area (Å²) in [7, 11) is 3.10. The van der Waals surface area contributed by atoms with Crippen LogP contribution in [0.4, 0.5) is 4.79 Å². The lowest BCUT2D eigenvalue weighted by atomic mass is 9.77. The van der Waals surface area contributed by atoms with E-state index in [-0.39, 0.29) is 18.4 Å². The molecule has 248 valence electrons. The minimum Gasteiger partial charge on any atom is -0.449 e. The molecule has 10 heteroatoms. The molecule has 1 amide bonds. The highest BCUT2D eigenvalue weighted by Gasteiger charge is 2.45. The van der Waals surface area contributed by atoms with Crippen molar-refractivity contribution in [2.45, 2.75) is 57.6 Å². The predicted molar refractivity (Wildman–Crippen MR) is 182 cm³/mol. The largest absolute Gasteiger partial charge is 0.449 e. The molecule has 2 aromatic heterocycles. The first kappa shape index (κ1) is 31.5. The van der Waals surface area contributed by atoms with Gasteiger partial charge in [0.15, 0.2) is 0 Å². The summed E-state index contributed by atoms with van der Waals surface area (Å²) in [5, 5.41) is 1.12. The molecule has 0 aliphatic carbocycles. The van der Waals surface area contributed by atoms with E-state index in [0.29, 0.717) is 38.0 Å². The van der Waals surface area contributed by atoms with E-state index >= 15 is 0 Å². The van der Waals surface area contributed by atoms with Crippen LogP contribution < -0.4 is 16.0 Å². The summed E-state index contributed by atoms with van der Waals surface area (Å²) in [5.74, 6) is -0.443. The van der Waals surface area contributed by atoms with Crippen LogP contribution >= 0.6 is 0 Å². The number of nitrogens with one attached hydrogen (secondary N) is 1. The van der Waals surface area contributed by atoms with Crippen molar-refractivity contribution in [1.82, 2.24) is 19.0 Å². The zero-order valence-corrected chi connectivity index (χ0v) is 27.4. The van der Waals surface area contributed by atoms with Gasteiger partial charge in [-0.1, -0.05) is 85.8 Å². The molecule has 0 bridgehead atoms. The summed E-state index contributed by atoms with van der Waals surface area (Å²) in [6.07, 6.45) is 0.554. The number of fused-ring (bicyclic) bond motifs is 4. The van der Waals surface area contributed by atoms with Crippen LogP contribution in [0.1, 0.15) is 59.7 Å². The average Bonchev–Trinajstić information content (AvgIpc) is 3.51. The number of hydrogen-bond acceptors (Lipinski definition) is 6. The molecule has 0 saturated carbocycles. The van der Waals surface area contributed by atoms with Gasteiger partial charge in [0.05, 0.1) is 18.2 Å². The lowest BCUT2D eigenvalue weighted by molar-refractivity contribution is -0.146. The number of carbonyl (C=O) groups is 1. The normalized spacial score (nSPS) is 20.2. The van der Waals surface area contributed by atoms with Gasteiger partial charge in [-0.25, -0.2) is 9.59 Å². The monoisotopic (exact) mass is 648 g/mol. The fourth-order valence-electron chi connectivity index (χ4n) is 7.42. The Labute approximate surface area is 278 Å². The van der Waals surface area contributed by atoms with Gasteiger partial charge >= 0.3 is 11.8 Å². The van der Waals surface area contributed by atoms with Crippen molar-refractivity contribution >= 4 is 17.0 Å². The van der Waals surface area contributed by atoms with Gasteiger partial charge in [0.25, 0.3) is 5.56 Å². The first-order valence-corrected chi connectivity index (χ1v) is 16.5. The molecule has 4 atom stereocenters. The highest BCUT2D eigenvalue weighted by Crippen LogP contribution is 2.47. The summed E-state index contributed by atoms with van der Waals surface area (Å²) >= 11 is 0. The molecule has 0 radical (unpaired) electrons. The number of rotatable bonds is 8. The quantitative estimate of drug-likeness (QED) is 0.223.